The number of nitrogens with zero attached hydrogens (tertiary/aromatic N) is 2. The Hall–Kier alpha value is -1.84. The Kier molecular flexibility index (Phi) is 2.90. The average molecular weight is 217 g/mol. The molecule has 0 radical (unpaired) electrons. The first kappa shape index (κ1) is 10.7. The molecular weight excluding hydrogens is 202 g/mol. The van der Waals surface area contributed by atoms with Crippen molar-refractivity contribution < 1.29 is 4.63 Å². The summed E-state index contributed by atoms with van der Waals surface area (Å²) in [5.74, 6) is 0. The van der Waals surface area contributed by atoms with E-state index in [-0.39, 0.29) is 0 Å². The standard InChI is InChI=1S/C12H15N3O/c1-8-4-5-11(6-9(8)2)13-7-12-10(3)14-16-15-12/h4-6,13H,7H2,1-3H3. The topological polar surface area (TPSA) is 51.0 Å². The van der Waals surface area contributed by atoms with E-state index in [0.717, 1.165) is 17.1 Å². The predicted octanol–water partition coefficient (Wildman–Crippen LogP) is 2.61. The van der Waals surface area contributed by atoms with E-state index in [2.05, 4.69) is 52.3 Å². The largest absolute Gasteiger partial charge is 0.379 e. The fraction of sp³-hybridized carbons (Fsp3) is 0.333. The molecule has 16 heavy (non-hydrogen) atoms. The fourth-order valence-electron chi connectivity index (χ4n) is 1.45. The van der Waals surface area contributed by atoms with Gasteiger partial charge in [0.1, 0.15) is 11.4 Å². The van der Waals surface area contributed by atoms with Crippen LogP contribution in [0.25, 0.3) is 0 Å². The lowest BCUT2D eigenvalue weighted by molar-refractivity contribution is 0.301. The summed E-state index contributed by atoms with van der Waals surface area (Å²) in [4.78, 5) is 0. The van der Waals surface area contributed by atoms with Crippen molar-refractivity contribution in [2.75, 3.05) is 5.32 Å². The van der Waals surface area contributed by atoms with Gasteiger partial charge in [0.05, 0.1) is 6.54 Å². The van der Waals surface area contributed by atoms with Crippen LogP contribution in [0.1, 0.15) is 22.5 Å². The first-order valence-electron chi connectivity index (χ1n) is 5.26. The molecule has 0 aliphatic rings. The van der Waals surface area contributed by atoms with Gasteiger partial charge in [0, 0.05) is 5.69 Å². The summed E-state index contributed by atoms with van der Waals surface area (Å²) >= 11 is 0. The van der Waals surface area contributed by atoms with Crippen molar-refractivity contribution in [3.05, 3.63) is 40.7 Å². The van der Waals surface area contributed by atoms with Gasteiger partial charge in [0.25, 0.3) is 0 Å². The molecule has 0 bridgehead atoms. The number of hydrogen-bond donors (Lipinski definition) is 1. The van der Waals surface area contributed by atoms with Crippen LogP contribution in [-0.2, 0) is 6.54 Å². The molecule has 4 heteroatoms. The number of aromatic nitrogens is 2. The summed E-state index contributed by atoms with van der Waals surface area (Å²) in [5, 5.41) is 10.9. The molecule has 4 nitrogen and oxygen atoms in total. The second kappa shape index (κ2) is 4.35. The molecule has 0 unspecified atom stereocenters. The molecule has 0 saturated heterocycles. The minimum Gasteiger partial charge on any atom is -0.379 e. The smallest absolute Gasteiger partial charge is 0.127 e. The highest BCUT2D eigenvalue weighted by Gasteiger charge is 2.04. The monoisotopic (exact) mass is 217 g/mol. The molecule has 1 aromatic carbocycles. The molecule has 0 atom stereocenters. The van der Waals surface area contributed by atoms with Gasteiger partial charge in [0.15, 0.2) is 0 Å². The van der Waals surface area contributed by atoms with Crippen LogP contribution in [0.4, 0.5) is 5.69 Å². The highest BCUT2D eigenvalue weighted by molar-refractivity contribution is 5.48. The highest BCUT2D eigenvalue weighted by Crippen LogP contribution is 2.15. The molecule has 0 aliphatic heterocycles. The maximum Gasteiger partial charge on any atom is 0.127 e. The van der Waals surface area contributed by atoms with Gasteiger partial charge in [0.2, 0.25) is 0 Å². The van der Waals surface area contributed by atoms with Gasteiger partial charge in [-0.2, -0.15) is 0 Å². The second-order valence-electron chi connectivity index (χ2n) is 3.95. The Balaban J connectivity index is 2.05. The molecule has 0 saturated carbocycles. The Bertz CT molecular complexity index is 491. The Morgan fingerprint density at radius 1 is 1.12 bits per heavy atom. The molecule has 0 fully saturated rings. The van der Waals surface area contributed by atoms with Gasteiger partial charge < -0.3 is 5.32 Å². The van der Waals surface area contributed by atoms with Crippen LogP contribution < -0.4 is 5.32 Å². The Morgan fingerprint density at radius 3 is 2.56 bits per heavy atom. The number of hydrogen-bond acceptors (Lipinski definition) is 4. The van der Waals surface area contributed by atoms with Crippen LogP contribution in [0.5, 0.6) is 0 Å². The van der Waals surface area contributed by atoms with Crippen molar-refractivity contribution in [3.8, 4) is 0 Å². The van der Waals surface area contributed by atoms with Gasteiger partial charge in [-0.05, 0) is 44.0 Å². The Labute approximate surface area is 94.6 Å². The van der Waals surface area contributed by atoms with Crippen molar-refractivity contribution in [3.63, 3.8) is 0 Å². The van der Waals surface area contributed by atoms with Crippen LogP contribution in [0, 0.1) is 20.8 Å². The van der Waals surface area contributed by atoms with Gasteiger partial charge in [-0.25, -0.2) is 4.63 Å². The van der Waals surface area contributed by atoms with Crippen LogP contribution >= 0.6 is 0 Å². The second-order valence-corrected chi connectivity index (χ2v) is 3.95. The normalized spacial score (nSPS) is 10.4. The summed E-state index contributed by atoms with van der Waals surface area (Å²) in [6.45, 7) is 6.72. The zero-order valence-corrected chi connectivity index (χ0v) is 9.74. The number of aryl methyl sites for hydroxylation is 3. The van der Waals surface area contributed by atoms with E-state index in [0.29, 0.717) is 6.54 Å². The molecule has 0 aliphatic carbocycles. The molecule has 2 aromatic rings. The summed E-state index contributed by atoms with van der Waals surface area (Å²) in [7, 11) is 0. The van der Waals surface area contributed by atoms with Crippen molar-refractivity contribution in [1.29, 1.82) is 0 Å². The van der Waals surface area contributed by atoms with Crippen LogP contribution in [0.15, 0.2) is 22.8 Å². The van der Waals surface area contributed by atoms with Crippen LogP contribution in [0.3, 0.4) is 0 Å². The molecule has 2 rings (SSSR count). The molecule has 1 aromatic heterocycles. The van der Waals surface area contributed by atoms with E-state index in [4.69, 9.17) is 0 Å². The number of anilines is 1. The van der Waals surface area contributed by atoms with E-state index in [9.17, 15) is 0 Å². The summed E-state index contributed by atoms with van der Waals surface area (Å²) in [6.07, 6.45) is 0. The minimum absolute atomic E-state index is 0.637. The lowest BCUT2D eigenvalue weighted by atomic mass is 10.1. The fourth-order valence-corrected chi connectivity index (χ4v) is 1.45. The maximum atomic E-state index is 4.64. The van der Waals surface area contributed by atoms with Gasteiger partial charge >= 0.3 is 0 Å². The van der Waals surface area contributed by atoms with Crippen molar-refractivity contribution >= 4 is 5.69 Å². The Morgan fingerprint density at radius 2 is 1.94 bits per heavy atom. The molecular formula is C12H15N3O. The molecule has 0 spiro atoms. The molecule has 1 heterocycles. The van der Waals surface area contributed by atoms with Crippen LogP contribution in [0.2, 0.25) is 0 Å². The quantitative estimate of drug-likeness (QED) is 0.858. The SMILES string of the molecule is Cc1ccc(NCc2nonc2C)cc1C. The number of nitrogens with one attached hydrogen (secondary N) is 1. The number of benzene rings is 1. The third-order valence-corrected chi connectivity index (χ3v) is 2.71. The van der Waals surface area contributed by atoms with Crippen molar-refractivity contribution in [1.82, 2.24) is 10.3 Å². The summed E-state index contributed by atoms with van der Waals surface area (Å²) < 4.78 is 4.64. The van der Waals surface area contributed by atoms with Crippen LogP contribution in [-0.4, -0.2) is 10.3 Å². The van der Waals surface area contributed by atoms with E-state index in [1.54, 1.807) is 0 Å². The zero-order valence-electron chi connectivity index (χ0n) is 9.74. The van der Waals surface area contributed by atoms with E-state index < -0.39 is 0 Å². The zero-order chi connectivity index (χ0) is 11.5. The third-order valence-electron chi connectivity index (χ3n) is 2.71. The first-order chi connectivity index (χ1) is 7.66. The summed E-state index contributed by atoms with van der Waals surface area (Å²) in [6, 6.07) is 6.29. The minimum atomic E-state index is 0.637. The first-order valence-corrected chi connectivity index (χ1v) is 5.26. The van der Waals surface area contributed by atoms with Gasteiger partial charge in [-0.1, -0.05) is 16.4 Å². The molecule has 1 N–H and O–H groups in total. The summed E-state index contributed by atoms with van der Waals surface area (Å²) in [5.41, 5.74) is 5.34. The highest BCUT2D eigenvalue weighted by atomic mass is 16.6. The van der Waals surface area contributed by atoms with Gasteiger partial charge in [-0.15, -0.1) is 0 Å². The van der Waals surface area contributed by atoms with E-state index in [1.807, 2.05) is 6.92 Å². The third kappa shape index (κ3) is 2.21. The molecule has 0 amide bonds. The average Bonchev–Trinajstić information content (AvgIpc) is 2.66. The van der Waals surface area contributed by atoms with E-state index >= 15 is 0 Å². The lowest BCUT2D eigenvalue weighted by Crippen LogP contribution is -2.01. The predicted molar refractivity (Wildman–Crippen MR) is 62.3 cm³/mol. The van der Waals surface area contributed by atoms with Crippen molar-refractivity contribution in [2.45, 2.75) is 27.3 Å². The number of rotatable bonds is 3. The van der Waals surface area contributed by atoms with Gasteiger partial charge in [-0.3, -0.25) is 0 Å². The van der Waals surface area contributed by atoms with E-state index in [1.165, 1.54) is 11.1 Å². The van der Waals surface area contributed by atoms with Crippen molar-refractivity contribution in [2.24, 2.45) is 0 Å². The maximum absolute atomic E-state index is 4.64. The lowest BCUT2D eigenvalue weighted by Gasteiger charge is -2.07. The molecule has 84 valence electrons.